The Kier molecular flexibility index (Phi) is 11.4. The van der Waals surface area contributed by atoms with Crippen molar-refractivity contribution < 1.29 is 4.74 Å². The Morgan fingerprint density at radius 3 is 2.54 bits per heavy atom. The lowest BCUT2D eigenvalue weighted by molar-refractivity contribution is -0.00684. The van der Waals surface area contributed by atoms with Crippen LogP contribution in [-0.2, 0) is 4.74 Å². The first-order chi connectivity index (χ1) is 12.0. The van der Waals surface area contributed by atoms with Gasteiger partial charge in [0.25, 0.3) is 0 Å². The molecule has 2 aliphatic rings. The van der Waals surface area contributed by atoms with Gasteiger partial charge >= 0.3 is 0 Å². The van der Waals surface area contributed by atoms with Crippen LogP contribution in [0.5, 0.6) is 0 Å². The molecule has 2 rings (SSSR count). The van der Waals surface area contributed by atoms with Crippen LogP contribution in [0.25, 0.3) is 0 Å². The summed E-state index contributed by atoms with van der Waals surface area (Å²) in [6.45, 7) is 19.0. The molecule has 0 aromatic rings. The fourth-order valence-electron chi connectivity index (χ4n) is 3.73. The van der Waals surface area contributed by atoms with E-state index in [1.165, 1.54) is 32.5 Å². The first kappa shape index (κ1) is 23.9. The van der Waals surface area contributed by atoms with Crippen molar-refractivity contribution in [1.29, 1.82) is 0 Å². The number of hydrogen-bond acceptors (Lipinski definition) is 4. The number of rotatable bonds is 7. The maximum Gasteiger partial charge on any atom is 0.191 e. The Balaban J connectivity index is 0.00000338. The normalized spacial score (nSPS) is 23.4. The second-order valence-electron chi connectivity index (χ2n) is 7.89. The van der Waals surface area contributed by atoms with Gasteiger partial charge in [0, 0.05) is 38.3 Å². The van der Waals surface area contributed by atoms with Crippen molar-refractivity contribution in [3.63, 3.8) is 0 Å². The first-order valence-electron chi connectivity index (χ1n) is 10.1. The van der Waals surface area contributed by atoms with E-state index in [0.717, 1.165) is 57.8 Å². The number of nitrogens with zero attached hydrogens (tertiary/aromatic N) is 3. The van der Waals surface area contributed by atoms with E-state index in [4.69, 9.17) is 9.73 Å². The number of guanidine groups is 1. The summed E-state index contributed by atoms with van der Waals surface area (Å²) in [7, 11) is 0. The molecule has 0 bridgehead atoms. The summed E-state index contributed by atoms with van der Waals surface area (Å²) in [6.07, 6.45) is 2.64. The molecule has 2 heterocycles. The maximum atomic E-state index is 5.48. The molecule has 1 unspecified atom stereocenters. The van der Waals surface area contributed by atoms with Gasteiger partial charge in [-0.15, -0.1) is 24.0 Å². The SMILES string of the molecule is CCNC(=NCC(C)(C)N1CCOCC1)NCC1CCCN(CC)C1.I. The van der Waals surface area contributed by atoms with Crippen LogP contribution in [0.4, 0.5) is 0 Å². The zero-order chi connectivity index (χ0) is 18.1. The van der Waals surface area contributed by atoms with Crippen molar-refractivity contribution in [2.75, 3.05) is 65.6 Å². The largest absolute Gasteiger partial charge is 0.379 e. The molecule has 26 heavy (non-hydrogen) atoms. The molecule has 0 aromatic heterocycles. The van der Waals surface area contributed by atoms with Gasteiger partial charge in [-0.1, -0.05) is 6.92 Å². The van der Waals surface area contributed by atoms with E-state index in [1.807, 2.05) is 0 Å². The molecule has 0 spiro atoms. The Hall–Kier alpha value is -0.120. The molecule has 0 saturated carbocycles. The summed E-state index contributed by atoms with van der Waals surface area (Å²) in [5.41, 5.74) is 0.0655. The first-order valence-corrected chi connectivity index (χ1v) is 10.1. The van der Waals surface area contributed by atoms with Crippen molar-refractivity contribution in [1.82, 2.24) is 20.4 Å². The number of morpholine rings is 1. The Morgan fingerprint density at radius 2 is 1.88 bits per heavy atom. The lowest BCUT2D eigenvalue weighted by Crippen LogP contribution is -2.52. The number of likely N-dealkylation sites (tertiary alicyclic amines) is 1. The van der Waals surface area contributed by atoms with Gasteiger partial charge in [0.05, 0.1) is 19.8 Å². The van der Waals surface area contributed by atoms with Crippen LogP contribution in [0.2, 0.25) is 0 Å². The summed E-state index contributed by atoms with van der Waals surface area (Å²) in [4.78, 5) is 9.93. The fraction of sp³-hybridized carbons (Fsp3) is 0.947. The fourth-order valence-corrected chi connectivity index (χ4v) is 3.73. The zero-order valence-electron chi connectivity index (χ0n) is 17.2. The standard InChI is InChI=1S/C19H39N5O.HI/c1-5-20-18(21-14-17-8-7-9-23(6-2)15-17)22-16-19(3,4)24-10-12-25-13-11-24;/h17H,5-16H2,1-4H3,(H2,20,21,22);1H. The van der Waals surface area contributed by atoms with Crippen LogP contribution in [0.15, 0.2) is 4.99 Å². The van der Waals surface area contributed by atoms with E-state index in [0.29, 0.717) is 0 Å². The molecule has 0 aromatic carbocycles. The number of nitrogens with one attached hydrogen (secondary N) is 2. The molecule has 2 N–H and O–H groups in total. The van der Waals surface area contributed by atoms with Crippen LogP contribution in [0, 0.1) is 5.92 Å². The zero-order valence-corrected chi connectivity index (χ0v) is 19.6. The van der Waals surface area contributed by atoms with Crippen molar-refractivity contribution in [3.05, 3.63) is 0 Å². The monoisotopic (exact) mass is 481 g/mol. The third kappa shape index (κ3) is 7.86. The Morgan fingerprint density at radius 1 is 1.15 bits per heavy atom. The van der Waals surface area contributed by atoms with Gasteiger partial charge in [-0.2, -0.15) is 0 Å². The van der Waals surface area contributed by atoms with Crippen molar-refractivity contribution in [2.45, 2.75) is 46.1 Å². The summed E-state index contributed by atoms with van der Waals surface area (Å²) < 4.78 is 5.48. The molecule has 2 saturated heterocycles. The Bertz CT molecular complexity index is 413. The minimum atomic E-state index is 0. The third-order valence-corrected chi connectivity index (χ3v) is 5.44. The second-order valence-corrected chi connectivity index (χ2v) is 7.89. The quantitative estimate of drug-likeness (QED) is 0.331. The molecular weight excluding hydrogens is 441 g/mol. The molecule has 154 valence electrons. The molecule has 1 atom stereocenters. The van der Waals surface area contributed by atoms with Crippen LogP contribution in [0.3, 0.4) is 0 Å². The molecular formula is C19H40IN5O. The van der Waals surface area contributed by atoms with Crippen molar-refractivity contribution >= 4 is 29.9 Å². The average Bonchev–Trinajstić information content (AvgIpc) is 2.65. The van der Waals surface area contributed by atoms with Crippen LogP contribution in [0.1, 0.15) is 40.5 Å². The number of halogens is 1. The molecule has 0 aliphatic carbocycles. The molecule has 0 radical (unpaired) electrons. The number of ether oxygens (including phenoxy) is 1. The van der Waals surface area contributed by atoms with Gasteiger partial charge in [-0.3, -0.25) is 9.89 Å². The van der Waals surface area contributed by atoms with E-state index in [2.05, 4.69) is 48.1 Å². The van der Waals surface area contributed by atoms with Gasteiger partial charge in [0.15, 0.2) is 5.96 Å². The minimum absolute atomic E-state index is 0. The predicted molar refractivity (Wildman–Crippen MR) is 121 cm³/mol. The van der Waals surface area contributed by atoms with Gasteiger partial charge in [-0.25, -0.2) is 0 Å². The maximum absolute atomic E-state index is 5.48. The summed E-state index contributed by atoms with van der Waals surface area (Å²) in [5.74, 6) is 1.68. The van der Waals surface area contributed by atoms with E-state index in [9.17, 15) is 0 Å². The Labute approximate surface area is 177 Å². The molecule has 2 fully saturated rings. The molecule has 2 aliphatic heterocycles. The van der Waals surface area contributed by atoms with Gasteiger partial charge < -0.3 is 20.3 Å². The molecule has 6 nitrogen and oxygen atoms in total. The van der Waals surface area contributed by atoms with Crippen LogP contribution >= 0.6 is 24.0 Å². The number of piperidine rings is 1. The van der Waals surface area contributed by atoms with Gasteiger partial charge in [0.2, 0.25) is 0 Å². The average molecular weight is 481 g/mol. The van der Waals surface area contributed by atoms with Crippen LogP contribution < -0.4 is 10.6 Å². The smallest absolute Gasteiger partial charge is 0.191 e. The molecule has 0 amide bonds. The predicted octanol–water partition coefficient (Wildman–Crippen LogP) is 2.00. The lowest BCUT2D eigenvalue weighted by Gasteiger charge is -2.40. The van der Waals surface area contributed by atoms with Crippen molar-refractivity contribution in [3.8, 4) is 0 Å². The lowest BCUT2D eigenvalue weighted by atomic mass is 9.98. The summed E-state index contributed by atoms with van der Waals surface area (Å²) in [5, 5.41) is 6.98. The van der Waals surface area contributed by atoms with Gasteiger partial charge in [0.1, 0.15) is 0 Å². The van der Waals surface area contributed by atoms with Crippen molar-refractivity contribution in [2.24, 2.45) is 10.9 Å². The highest BCUT2D eigenvalue weighted by Gasteiger charge is 2.28. The topological polar surface area (TPSA) is 52.1 Å². The van der Waals surface area contributed by atoms with E-state index >= 15 is 0 Å². The number of hydrogen-bond donors (Lipinski definition) is 2. The summed E-state index contributed by atoms with van der Waals surface area (Å²) >= 11 is 0. The highest BCUT2D eigenvalue weighted by atomic mass is 127. The number of aliphatic imine (C=N–C) groups is 1. The highest BCUT2D eigenvalue weighted by molar-refractivity contribution is 14.0. The third-order valence-electron chi connectivity index (χ3n) is 5.44. The summed E-state index contributed by atoms with van der Waals surface area (Å²) in [6, 6.07) is 0. The van der Waals surface area contributed by atoms with Gasteiger partial charge in [-0.05, 0) is 52.6 Å². The minimum Gasteiger partial charge on any atom is -0.379 e. The second kappa shape index (κ2) is 12.4. The van der Waals surface area contributed by atoms with E-state index in [1.54, 1.807) is 0 Å². The highest BCUT2D eigenvalue weighted by Crippen LogP contribution is 2.17. The van der Waals surface area contributed by atoms with E-state index < -0.39 is 0 Å². The van der Waals surface area contributed by atoms with Crippen LogP contribution in [-0.4, -0.2) is 86.9 Å². The van der Waals surface area contributed by atoms with E-state index in [-0.39, 0.29) is 29.5 Å². The molecule has 7 heteroatoms.